The first kappa shape index (κ1) is 12.4. The monoisotopic (exact) mass is 287 g/mol. The van der Waals surface area contributed by atoms with Crippen molar-refractivity contribution in [3.63, 3.8) is 0 Å². The van der Waals surface area contributed by atoms with Crippen molar-refractivity contribution in [3.8, 4) is 0 Å². The van der Waals surface area contributed by atoms with E-state index < -0.39 is 0 Å². The van der Waals surface area contributed by atoms with Crippen LogP contribution in [-0.2, 0) is 0 Å². The molecule has 1 N–H and O–H groups in total. The summed E-state index contributed by atoms with van der Waals surface area (Å²) in [4.78, 5) is 7.76. The number of anilines is 2. The molecule has 0 aliphatic heterocycles. The Labute approximate surface area is 114 Å². The van der Waals surface area contributed by atoms with Gasteiger partial charge in [-0.1, -0.05) is 29.3 Å². The number of halogens is 3. The SMILES string of the molecule is Cc1ccc(Nc2nc(Cl)ncc2Cl)cc1Cl. The van der Waals surface area contributed by atoms with E-state index in [1.54, 1.807) is 6.07 Å². The zero-order valence-corrected chi connectivity index (χ0v) is 11.1. The number of hydrogen-bond acceptors (Lipinski definition) is 3. The summed E-state index contributed by atoms with van der Waals surface area (Å²) in [6.07, 6.45) is 1.44. The number of nitrogens with one attached hydrogen (secondary N) is 1. The average molecular weight is 289 g/mol. The van der Waals surface area contributed by atoms with Gasteiger partial charge in [0.1, 0.15) is 5.02 Å². The summed E-state index contributed by atoms with van der Waals surface area (Å²) < 4.78 is 0. The first-order valence-corrected chi connectivity index (χ1v) is 5.91. The van der Waals surface area contributed by atoms with Gasteiger partial charge in [0.05, 0.1) is 6.20 Å². The topological polar surface area (TPSA) is 37.8 Å². The molecule has 1 aromatic heterocycles. The zero-order valence-electron chi connectivity index (χ0n) is 8.84. The Kier molecular flexibility index (Phi) is 3.72. The van der Waals surface area contributed by atoms with Gasteiger partial charge < -0.3 is 5.32 Å². The quantitative estimate of drug-likeness (QED) is 0.827. The van der Waals surface area contributed by atoms with Gasteiger partial charge in [-0.25, -0.2) is 4.98 Å². The normalized spacial score (nSPS) is 10.4. The van der Waals surface area contributed by atoms with Crippen LogP contribution in [-0.4, -0.2) is 9.97 Å². The van der Waals surface area contributed by atoms with Gasteiger partial charge in [0, 0.05) is 10.7 Å². The highest BCUT2D eigenvalue weighted by Gasteiger charge is 2.05. The van der Waals surface area contributed by atoms with Crippen LogP contribution in [0.3, 0.4) is 0 Å². The third-order valence-electron chi connectivity index (χ3n) is 2.15. The molecule has 0 fully saturated rings. The van der Waals surface area contributed by atoms with Gasteiger partial charge in [-0.15, -0.1) is 0 Å². The molecule has 3 nitrogen and oxygen atoms in total. The lowest BCUT2D eigenvalue weighted by Gasteiger charge is -2.08. The molecule has 1 heterocycles. The molecule has 0 aliphatic carbocycles. The molecule has 2 rings (SSSR count). The molecule has 0 saturated carbocycles. The Balaban J connectivity index is 2.31. The molecule has 0 saturated heterocycles. The van der Waals surface area contributed by atoms with Gasteiger partial charge in [0.2, 0.25) is 5.28 Å². The third kappa shape index (κ3) is 3.00. The number of aromatic nitrogens is 2. The standard InChI is InChI=1S/C11H8Cl3N3/c1-6-2-3-7(4-8(6)12)16-10-9(13)5-15-11(14)17-10/h2-5H,1H3,(H,15,16,17). The fourth-order valence-corrected chi connectivity index (χ4v) is 1.69. The molecule has 1 aromatic carbocycles. The maximum atomic E-state index is 6.02. The van der Waals surface area contributed by atoms with Gasteiger partial charge in [-0.2, -0.15) is 4.98 Å². The molecular formula is C11H8Cl3N3. The number of rotatable bonds is 2. The van der Waals surface area contributed by atoms with Crippen LogP contribution in [0.5, 0.6) is 0 Å². The highest BCUT2D eigenvalue weighted by molar-refractivity contribution is 6.34. The van der Waals surface area contributed by atoms with Crippen LogP contribution >= 0.6 is 34.8 Å². The largest absolute Gasteiger partial charge is 0.339 e. The highest BCUT2D eigenvalue weighted by Crippen LogP contribution is 2.26. The fraction of sp³-hybridized carbons (Fsp3) is 0.0909. The average Bonchev–Trinajstić information content (AvgIpc) is 2.29. The van der Waals surface area contributed by atoms with Crippen molar-refractivity contribution in [3.05, 3.63) is 45.3 Å². The lowest BCUT2D eigenvalue weighted by molar-refractivity contribution is 1.17. The van der Waals surface area contributed by atoms with E-state index in [4.69, 9.17) is 34.8 Å². The van der Waals surface area contributed by atoms with E-state index >= 15 is 0 Å². The Hall–Kier alpha value is -1.03. The van der Waals surface area contributed by atoms with Crippen molar-refractivity contribution < 1.29 is 0 Å². The number of benzene rings is 1. The summed E-state index contributed by atoms with van der Waals surface area (Å²) in [6, 6.07) is 5.58. The Morgan fingerprint density at radius 2 is 1.88 bits per heavy atom. The number of nitrogens with zero attached hydrogens (tertiary/aromatic N) is 2. The summed E-state index contributed by atoms with van der Waals surface area (Å²) in [5, 5.41) is 4.23. The molecule has 0 spiro atoms. The Bertz CT molecular complexity index is 558. The second-order valence-corrected chi connectivity index (χ2v) is 4.58. The summed E-state index contributed by atoms with van der Waals surface area (Å²) in [6.45, 7) is 1.93. The van der Waals surface area contributed by atoms with Gasteiger partial charge >= 0.3 is 0 Å². The van der Waals surface area contributed by atoms with Crippen molar-refractivity contribution in [2.75, 3.05) is 5.32 Å². The van der Waals surface area contributed by atoms with E-state index in [1.807, 2.05) is 19.1 Å². The Morgan fingerprint density at radius 3 is 2.59 bits per heavy atom. The van der Waals surface area contributed by atoms with Crippen LogP contribution in [0.2, 0.25) is 15.3 Å². The fourth-order valence-electron chi connectivity index (χ4n) is 1.24. The molecule has 0 unspecified atom stereocenters. The van der Waals surface area contributed by atoms with Gasteiger partial charge in [0.25, 0.3) is 0 Å². The van der Waals surface area contributed by atoms with Crippen molar-refractivity contribution in [2.24, 2.45) is 0 Å². The van der Waals surface area contributed by atoms with Crippen LogP contribution in [0, 0.1) is 6.92 Å². The van der Waals surface area contributed by atoms with E-state index in [-0.39, 0.29) is 5.28 Å². The van der Waals surface area contributed by atoms with Crippen molar-refractivity contribution >= 4 is 46.3 Å². The van der Waals surface area contributed by atoms with Crippen LogP contribution in [0.25, 0.3) is 0 Å². The number of aryl methyl sites for hydroxylation is 1. The summed E-state index contributed by atoms with van der Waals surface area (Å²) in [7, 11) is 0. The van der Waals surface area contributed by atoms with E-state index in [0.717, 1.165) is 11.3 Å². The van der Waals surface area contributed by atoms with Crippen LogP contribution in [0.4, 0.5) is 11.5 Å². The predicted octanol–water partition coefficient (Wildman–Crippen LogP) is 4.49. The molecule has 0 radical (unpaired) electrons. The van der Waals surface area contributed by atoms with Gasteiger partial charge in [-0.3, -0.25) is 0 Å². The van der Waals surface area contributed by atoms with E-state index in [0.29, 0.717) is 15.9 Å². The van der Waals surface area contributed by atoms with Gasteiger partial charge in [0.15, 0.2) is 5.82 Å². The van der Waals surface area contributed by atoms with Gasteiger partial charge in [-0.05, 0) is 36.2 Å². The summed E-state index contributed by atoms with van der Waals surface area (Å²) in [5.74, 6) is 0.451. The van der Waals surface area contributed by atoms with E-state index in [2.05, 4.69) is 15.3 Å². The lowest BCUT2D eigenvalue weighted by Crippen LogP contribution is -1.96. The van der Waals surface area contributed by atoms with Crippen LogP contribution < -0.4 is 5.32 Å². The first-order valence-electron chi connectivity index (χ1n) is 4.77. The maximum Gasteiger partial charge on any atom is 0.224 e. The molecule has 2 aromatic rings. The van der Waals surface area contributed by atoms with Crippen molar-refractivity contribution in [2.45, 2.75) is 6.92 Å². The molecule has 0 amide bonds. The first-order chi connectivity index (χ1) is 8.06. The summed E-state index contributed by atoms with van der Waals surface area (Å²) in [5.41, 5.74) is 1.79. The minimum absolute atomic E-state index is 0.134. The van der Waals surface area contributed by atoms with Crippen molar-refractivity contribution in [1.29, 1.82) is 0 Å². The lowest BCUT2D eigenvalue weighted by atomic mass is 10.2. The van der Waals surface area contributed by atoms with Crippen LogP contribution in [0.15, 0.2) is 24.4 Å². The maximum absolute atomic E-state index is 6.02. The minimum Gasteiger partial charge on any atom is -0.339 e. The van der Waals surface area contributed by atoms with E-state index in [1.165, 1.54) is 6.20 Å². The summed E-state index contributed by atoms with van der Waals surface area (Å²) >= 11 is 17.6. The Morgan fingerprint density at radius 1 is 1.12 bits per heavy atom. The van der Waals surface area contributed by atoms with E-state index in [9.17, 15) is 0 Å². The molecule has 0 atom stereocenters. The predicted molar refractivity (Wildman–Crippen MR) is 71.5 cm³/mol. The third-order valence-corrected chi connectivity index (χ3v) is 3.02. The molecule has 6 heteroatoms. The highest BCUT2D eigenvalue weighted by atomic mass is 35.5. The minimum atomic E-state index is 0.134. The molecule has 88 valence electrons. The molecular weight excluding hydrogens is 281 g/mol. The molecule has 0 bridgehead atoms. The smallest absolute Gasteiger partial charge is 0.224 e. The second kappa shape index (κ2) is 5.08. The molecule has 17 heavy (non-hydrogen) atoms. The zero-order chi connectivity index (χ0) is 12.4. The molecule has 0 aliphatic rings. The second-order valence-electron chi connectivity index (χ2n) is 3.42. The number of hydrogen-bond donors (Lipinski definition) is 1. The van der Waals surface area contributed by atoms with Crippen LogP contribution in [0.1, 0.15) is 5.56 Å². The van der Waals surface area contributed by atoms with Crippen molar-refractivity contribution in [1.82, 2.24) is 9.97 Å².